The third-order valence-electron chi connectivity index (χ3n) is 5.20. The molecular weight excluding hydrogens is 464 g/mol. The SMILES string of the molecule is COc1ccc(C2=NN(C(=O)C3=COC(c4ccccc4Br)O3)CC2(C)C)cc1OC. The highest BCUT2D eigenvalue weighted by molar-refractivity contribution is 9.10. The Hall–Kier alpha value is -3.00. The molecule has 162 valence electrons. The fourth-order valence-corrected chi connectivity index (χ4v) is 4.09. The molecule has 0 saturated heterocycles. The second-order valence-electron chi connectivity index (χ2n) is 7.85. The smallest absolute Gasteiger partial charge is 0.312 e. The van der Waals surface area contributed by atoms with Crippen molar-refractivity contribution in [3.63, 3.8) is 0 Å². The number of ether oxygens (including phenoxy) is 4. The number of carbonyl (C=O) groups excluding carboxylic acids is 1. The fourth-order valence-electron chi connectivity index (χ4n) is 3.62. The van der Waals surface area contributed by atoms with E-state index in [4.69, 9.17) is 18.9 Å². The highest BCUT2D eigenvalue weighted by atomic mass is 79.9. The largest absolute Gasteiger partial charge is 0.493 e. The molecule has 0 radical (unpaired) electrons. The van der Waals surface area contributed by atoms with Crippen molar-refractivity contribution >= 4 is 27.5 Å². The first-order chi connectivity index (χ1) is 14.8. The van der Waals surface area contributed by atoms with Crippen LogP contribution in [-0.4, -0.2) is 37.4 Å². The fraction of sp³-hybridized carbons (Fsp3) is 0.304. The molecule has 0 fully saturated rings. The second-order valence-corrected chi connectivity index (χ2v) is 8.71. The molecule has 0 aliphatic carbocycles. The Balaban J connectivity index is 1.55. The maximum Gasteiger partial charge on any atom is 0.312 e. The van der Waals surface area contributed by atoms with Gasteiger partial charge in [0.1, 0.15) is 6.26 Å². The third kappa shape index (κ3) is 3.99. The van der Waals surface area contributed by atoms with E-state index in [2.05, 4.69) is 21.0 Å². The van der Waals surface area contributed by atoms with E-state index in [-0.39, 0.29) is 17.1 Å². The van der Waals surface area contributed by atoms with E-state index in [1.54, 1.807) is 14.2 Å². The lowest BCUT2D eigenvalue weighted by Crippen LogP contribution is -2.32. The molecule has 2 aromatic rings. The maximum atomic E-state index is 13.1. The third-order valence-corrected chi connectivity index (χ3v) is 5.92. The summed E-state index contributed by atoms with van der Waals surface area (Å²) < 4.78 is 23.0. The lowest BCUT2D eigenvalue weighted by molar-refractivity contribution is -0.133. The number of amides is 1. The number of nitrogens with zero attached hydrogens (tertiary/aromatic N) is 2. The van der Waals surface area contributed by atoms with Gasteiger partial charge < -0.3 is 18.9 Å². The maximum absolute atomic E-state index is 13.1. The molecule has 4 rings (SSSR count). The number of halogens is 1. The molecule has 1 atom stereocenters. The van der Waals surface area contributed by atoms with Crippen LogP contribution in [0.4, 0.5) is 0 Å². The number of benzene rings is 2. The Bertz CT molecular complexity index is 1080. The van der Waals surface area contributed by atoms with Crippen LogP contribution in [0.15, 0.2) is 64.1 Å². The molecule has 1 amide bonds. The van der Waals surface area contributed by atoms with Gasteiger partial charge in [-0.05, 0) is 24.3 Å². The summed E-state index contributed by atoms with van der Waals surface area (Å²) in [6, 6.07) is 13.2. The first kappa shape index (κ1) is 21.2. The van der Waals surface area contributed by atoms with Gasteiger partial charge in [-0.2, -0.15) is 5.10 Å². The second kappa shape index (κ2) is 8.26. The predicted octanol–water partition coefficient (Wildman–Crippen LogP) is 4.63. The number of hydrogen-bond donors (Lipinski definition) is 0. The van der Waals surface area contributed by atoms with E-state index in [0.29, 0.717) is 18.0 Å². The van der Waals surface area contributed by atoms with Crippen LogP contribution in [0, 0.1) is 5.41 Å². The number of methoxy groups -OCH3 is 2. The van der Waals surface area contributed by atoms with Crippen molar-refractivity contribution in [2.45, 2.75) is 20.1 Å². The number of hydrogen-bond acceptors (Lipinski definition) is 6. The lowest BCUT2D eigenvalue weighted by atomic mass is 9.84. The molecule has 0 aromatic heterocycles. The first-order valence-corrected chi connectivity index (χ1v) is 10.5. The van der Waals surface area contributed by atoms with Gasteiger partial charge in [0.25, 0.3) is 6.29 Å². The molecule has 0 saturated carbocycles. The molecule has 0 bridgehead atoms. The summed E-state index contributed by atoms with van der Waals surface area (Å²) >= 11 is 3.48. The predicted molar refractivity (Wildman–Crippen MR) is 119 cm³/mol. The summed E-state index contributed by atoms with van der Waals surface area (Å²) in [5, 5.41) is 6.04. The Kier molecular flexibility index (Phi) is 5.66. The van der Waals surface area contributed by atoms with Gasteiger partial charge in [-0.25, -0.2) is 5.01 Å². The minimum atomic E-state index is -0.681. The minimum Gasteiger partial charge on any atom is -0.493 e. The van der Waals surface area contributed by atoms with Crippen LogP contribution in [0.2, 0.25) is 0 Å². The van der Waals surface area contributed by atoms with Crippen molar-refractivity contribution in [2.75, 3.05) is 20.8 Å². The van der Waals surface area contributed by atoms with Gasteiger partial charge in [-0.15, -0.1) is 0 Å². The van der Waals surface area contributed by atoms with E-state index in [9.17, 15) is 4.79 Å². The monoisotopic (exact) mass is 486 g/mol. The molecule has 31 heavy (non-hydrogen) atoms. The van der Waals surface area contributed by atoms with Crippen LogP contribution >= 0.6 is 15.9 Å². The quantitative estimate of drug-likeness (QED) is 0.616. The zero-order valence-corrected chi connectivity index (χ0v) is 19.3. The van der Waals surface area contributed by atoms with Crippen LogP contribution < -0.4 is 9.47 Å². The summed E-state index contributed by atoms with van der Waals surface area (Å²) in [5.74, 6) is 1.01. The molecule has 7 nitrogen and oxygen atoms in total. The van der Waals surface area contributed by atoms with Gasteiger partial charge in [0.15, 0.2) is 11.5 Å². The number of carbonyl (C=O) groups is 1. The van der Waals surface area contributed by atoms with Gasteiger partial charge >= 0.3 is 5.91 Å². The molecule has 2 heterocycles. The highest BCUT2D eigenvalue weighted by Gasteiger charge is 2.40. The summed E-state index contributed by atoms with van der Waals surface area (Å²) in [4.78, 5) is 13.1. The first-order valence-electron chi connectivity index (χ1n) is 9.74. The van der Waals surface area contributed by atoms with Gasteiger partial charge in [-0.1, -0.05) is 48.0 Å². The molecule has 0 N–H and O–H groups in total. The van der Waals surface area contributed by atoms with Gasteiger partial charge in [0, 0.05) is 21.0 Å². The van der Waals surface area contributed by atoms with E-state index < -0.39 is 6.29 Å². The van der Waals surface area contributed by atoms with Crippen LogP contribution in [0.25, 0.3) is 0 Å². The van der Waals surface area contributed by atoms with Crippen LogP contribution in [0.3, 0.4) is 0 Å². The number of rotatable bonds is 5. The van der Waals surface area contributed by atoms with Crippen molar-refractivity contribution in [1.29, 1.82) is 0 Å². The van der Waals surface area contributed by atoms with Gasteiger partial charge in [-0.3, -0.25) is 4.79 Å². The molecule has 1 unspecified atom stereocenters. The summed E-state index contributed by atoms with van der Waals surface area (Å²) in [6.07, 6.45) is 0.669. The van der Waals surface area contributed by atoms with E-state index in [0.717, 1.165) is 21.3 Å². The average Bonchev–Trinajstić information content (AvgIpc) is 3.37. The molecule has 0 spiro atoms. The van der Waals surface area contributed by atoms with Crippen molar-refractivity contribution in [3.8, 4) is 11.5 Å². The van der Waals surface area contributed by atoms with Crippen LogP contribution in [0.5, 0.6) is 11.5 Å². The van der Waals surface area contributed by atoms with E-state index >= 15 is 0 Å². The Morgan fingerprint density at radius 1 is 1.16 bits per heavy atom. The topological polar surface area (TPSA) is 69.6 Å². The summed E-state index contributed by atoms with van der Waals surface area (Å²) in [6.45, 7) is 4.50. The molecule has 2 aliphatic heterocycles. The Morgan fingerprint density at radius 3 is 2.61 bits per heavy atom. The standard InChI is InChI=1S/C23H23BrN2O5/c1-23(2)13-26(25-20(23)14-9-10-17(28-3)18(11-14)29-4)21(27)19-12-30-22(31-19)15-7-5-6-8-16(15)24/h5-12,22H,13H2,1-4H3. The Labute approximate surface area is 189 Å². The van der Waals surface area contributed by atoms with Crippen molar-refractivity contribution in [3.05, 3.63) is 70.1 Å². The highest BCUT2D eigenvalue weighted by Crippen LogP contribution is 2.37. The van der Waals surface area contributed by atoms with Crippen LogP contribution in [0.1, 0.15) is 31.3 Å². The van der Waals surface area contributed by atoms with Crippen molar-refractivity contribution in [1.82, 2.24) is 5.01 Å². The van der Waals surface area contributed by atoms with Gasteiger partial charge in [0.05, 0.1) is 26.5 Å². The zero-order chi connectivity index (χ0) is 22.2. The van der Waals surface area contributed by atoms with Crippen molar-refractivity contribution < 1.29 is 23.7 Å². The number of hydrazone groups is 1. The average molecular weight is 487 g/mol. The minimum absolute atomic E-state index is 0.119. The van der Waals surface area contributed by atoms with Crippen molar-refractivity contribution in [2.24, 2.45) is 10.5 Å². The molecule has 2 aliphatic rings. The molecular formula is C23H23BrN2O5. The van der Waals surface area contributed by atoms with Crippen LogP contribution in [-0.2, 0) is 14.3 Å². The van der Waals surface area contributed by atoms with E-state index in [1.807, 2.05) is 56.3 Å². The normalized spacial score (nSPS) is 19.3. The molecule has 2 aromatic carbocycles. The Morgan fingerprint density at radius 2 is 1.90 bits per heavy atom. The molecule has 8 heteroatoms. The van der Waals surface area contributed by atoms with Gasteiger partial charge in [0.2, 0.25) is 5.76 Å². The summed E-state index contributed by atoms with van der Waals surface area (Å²) in [5.41, 5.74) is 2.08. The summed E-state index contributed by atoms with van der Waals surface area (Å²) in [7, 11) is 3.18. The zero-order valence-electron chi connectivity index (χ0n) is 17.7. The lowest BCUT2D eigenvalue weighted by Gasteiger charge is -2.21. The van der Waals surface area contributed by atoms with E-state index in [1.165, 1.54) is 11.3 Å².